The largest absolute Gasteiger partial charge is 0.382 e. The van der Waals surface area contributed by atoms with Crippen molar-refractivity contribution in [2.45, 2.75) is 25.7 Å². The number of H-pyrrole nitrogens is 1. The smallest absolute Gasteiger partial charge is 0.280 e. The molecule has 21 heavy (non-hydrogen) atoms. The van der Waals surface area contributed by atoms with Gasteiger partial charge < -0.3 is 10.7 Å². The number of carbonyl (C=O) groups is 1. The van der Waals surface area contributed by atoms with E-state index in [2.05, 4.69) is 10.1 Å². The fraction of sp³-hybridized carbons (Fsp3) is 0.250. The molecule has 0 atom stereocenters. The topological polar surface area (TPSA) is 76.7 Å². The van der Waals surface area contributed by atoms with Gasteiger partial charge in [0.15, 0.2) is 0 Å². The first kappa shape index (κ1) is 12.2. The highest BCUT2D eigenvalue weighted by Crippen LogP contribution is 2.27. The van der Waals surface area contributed by atoms with Crippen LogP contribution in [0.15, 0.2) is 30.5 Å². The summed E-state index contributed by atoms with van der Waals surface area (Å²) in [5.74, 6) is 0.389. The number of hydrogen-bond acceptors (Lipinski definition) is 3. The van der Waals surface area contributed by atoms with Gasteiger partial charge in [0, 0.05) is 22.7 Å². The summed E-state index contributed by atoms with van der Waals surface area (Å²) in [6.45, 7) is 0. The Balaban J connectivity index is 1.85. The van der Waals surface area contributed by atoms with Crippen molar-refractivity contribution in [1.29, 1.82) is 0 Å². The Hall–Kier alpha value is -2.56. The van der Waals surface area contributed by atoms with Crippen molar-refractivity contribution in [2.75, 3.05) is 5.73 Å². The summed E-state index contributed by atoms with van der Waals surface area (Å²) in [6, 6.07) is 7.78. The van der Waals surface area contributed by atoms with Gasteiger partial charge >= 0.3 is 0 Å². The molecule has 1 aliphatic carbocycles. The van der Waals surface area contributed by atoms with E-state index in [1.54, 1.807) is 6.20 Å². The second-order valence-electron chi connectivity index (χ2n) is 5.48. The van der Waals surface area contributed by atoms with Gasteiger partial charge in [0.05, 0.1) is 11.3 Å². The number of nitrogens with zero attached hydrogens (tertiary/aromatic N) is 2. The molecule has 0 amide bonds. The molecule has 0 saturated heterocycles. The number of nitrogens with one attached hydrogen (secondary N) is 1. The minimum absolute atomic E-state index is 0.109. The molecular formula is C16H16N4O. The Morgan fingerprint density at radius 3 is 2.95 bits per heavy atom. The average Bonchev–Trinajstić information content (AvgIpc) is 3.09. The maximum absolute atomic E-state index is 12.8. The molecule has 1 aromatic carbocycles. The Bertz CT molecular complexity index is 843. The van der Waals surface area contributed by atoms with Crippen molar-refractivity contribution in [3.8, 4) is 0 Å². The predicted molar refractivity (Wildman–Crippen MR) is 81.3 cm³/mol. The summed E-state index contributed by atoms with van der Waals surface area (Å²) in [4.78, 5) is 16.0. The van der Waals surface area contributed by atoms with Crippen LogP contribution in [-0.2, 0) is 12.8 Å². The molecular weight excluding hydrogens is 264 g/mol. The summed E-state index contributed by atoms with van der Waals surface area (Å²) < 4.78 is 1.50. The Morgan fingerprint density at radius 1 is 1.24 bits per heavy atom. The monoisotopic (exact) mass is 280 g/mol. The molecule has 2 aromatic heterocycles. The van der Waals surface area contributed by atoms with E-state index in [9.17, 15) is 4.79 Å². The van der Waals surface area contributed by atoms with E-state index in [1.807, 2.05) is 24.3 Å². The lowest BCUT2D eigenvalue weighted by molar-refractivity contribution is 0.0943. The van der Waals surface area contributed by atoms with Crippen LogP contribution in [-0.4, -0.2) is 20.7 Å². The van der Waals surface area contributed by atoms with Gasteiger partial charge in [-0.05, 0) is 31.7 Å². The standard InChI is InChI=1S/C16H16N4O/c17-15-11-6-2-4-8-14(11)20(19-15)16(21)12-9-18-13-7-3-1-5-10(12)13/h1,3,5,7,9,18H,2,4,6,8H2,(H2,17,19). The van der Waals surface area contributed by atoms with Crippen molar-refractivity contribution in [1.82, 2.24) is 14.8 Å². The van der Waals surface area contributed by atoms with E-state index in [0.29, 0.717) is 11.4 Å². The highest BCUT2D eigenvalue weighted by atomic mass is 16.2. The average molecular weight is 280 g/mol. The molecule has 4 rings (SSSR count). The summed E-state index contributed by atoms with van der Waals surface area (Å²) in [7, 11) is 0. The summed E-state index contributed by atoms with van der Waals surface area (Å²) in [5, 5.41) is 5.20. The van der Waals surface area contributed by atoms with Crippen molar-refractivity contribution < 1.29 is 4.79 Å². The molecule has 5 heteroatoms. The minimum atomic E-state index is -0.109. The summed E-state index contributed by atoms with van der Waals surface area (Å²) in [5.41, 5.74) is 9.60. The van der Waals surface area contributed by atoms with Crippen molar-refractivity contribution >= 4 is 22.6 Å². The molecule has 0 spiro atoms. The first-order valence-electron chi connectivity index (χ1n) is 7.23. The predicted octanol–water partition coefficient (Wildman–Crippen LogP) is 2.51. The third-order valence-corrected chi connectivity index (χ3v) is 4.22. The normalized spacial score (nSPS) is 14.3. The van der Waals surface area contributed by atoms with Gasteiger partial charge in [-0.1, -0.05) is 18.2 Å². The lowest BCUT2D eigenvalue weighted by Crippen LogP contribution is -2.18. The van der Waals surface area contributed by atoms with Crippen molar-refractivity contribution in [3.05, 3.63) is 47.3 Å². The zero-order chi connectivity index (χ0) is 14.4. The first-order valence-corrected chi connectivity index (χ1v) is 7.23. The number of benzene rings is 1. The van der Waals surface area contributed by atoms with Gasteiger partial charge in [0.2, 0.25) is 0 Å². The number of hydrogen-bond donors (Lipinski definition) is 2. The van der Waals surface area contributed by atoms with Gasteiger partial charge in [-0.25, -0.2) is 0 Å². The number of nitrogen functional groups attached to an aromatic ring is 1. The second kappa shape index (κ2) is 4.48. The van der Waals surface area contributed by atoms with Crippen LogP contribution >= 0.6 is 0 Å². The molecule has 3 aromatic rings. The van der Waals surface area contributed by atoms with E-state index in [0.717, 1.165) is 47.8 Å². The van der Waals surface area contributed by atoms with Crippen LogP contribution in [0.1, 0.15) is 34.5 Å². The molecule has 0 fully saturated rings. The molecule has 0 aliphatic heterocycles. The SMILES string of the molecule is Nc1nn(C(=O)c2c[nH]c3ccccc23)c2c1CCCC2. The van der Waals surface area contributed by atoms with E-state index >= 15 is 0 Å². The van der Waals surface area contributed by atoms with Crippen LogP contribution in [0.25, 0.3) is 10.9 Å². The first-order chi connectivity index (χ1) is 10.3. The number of rotatable bonds is 1. The maximum Gasteiger partial charge on any atom is 0.280 e. The fourth-order valence-electron chi connectivity index (χ4n) is 3.16. The number of fused-ring (bicyclic) bond motifs is 2. The van der Waals surface area contributed by atoms with Crippen LogP contribution in [0.3, 0.4) is 0 Å². The molecule has 0 bridgehead atoms. The lowest BCUT2D eigenvalue weighted by Gasteiger charge is -2.12. The minimum Gasteiger partial charge on any atom is -0.382 e. The molecule has 0 saturated carbocycles. The van der Waals surface area contributed by atoms with Crippen LogP contribution in [0.5, 0.6) is 0 Å². The molecule has 0 unspecified atom stereocenters. The highest BCUT2D eigenvalue weighted by Gasteiger charge is 2.24. The van der Waals surface area contributed by atoms with Gasteiger partial charge in [-0.15, -0.1) is 5.10 Å². The number of nitrogens with two attached hydrogens (primary N) is 1. The van der Waals surface area contributed by atoms with Crippen molar-refractivity contribution in [2.24, 2.45) is 0 Å². The molecule has 3 N–H and O–H groups in total. The number of anilines is 1. The number of aromatic nitrogens is 3. The quantitative estimate of drug-likeness (QED) is 0.719. The summed E-state index contributed by atoms with van der Waals surface area (Å²) >= 11 is 0. The fourth-order valence-corrected chi connectivity index (χ4v) is 3.16. The van der Waals surface area contributed by atoms with Crippen LogP contribution in [0, 0.1) is 0 Å². The molecule has 0 radical (unpaired) electrons. The Kier molecular flexibility index (Phi) is 2.60. The van der Waals surface area contributed by atoms with Gasteiger partial charge in [0.1, 0.15) is 5.82 Å². The van der Waals surface area contributed by atoms with E-state index in [-0.39, 0.29) is 5.91 Å². The third-order valence-electron chi connectivity index (χ3n) is 4.22. The molecule has 2 heterocycles. The van der Waals surface area contributed by atoms with E-state index in [4.69, 9.17) is 5.73 Å². The lowest BCUT2D eigenvalue weighted by atomic mass is 9.97. The second-order valence-corrected chi connectivity index (χ2v) is 5.48. The van der Waals surface area contributed by atoms with Crippen molar-refractivity contribution in [3.63, 3.8) is 0 Å². The molecule has 106 valence electrons. The van der Waals surface area contributed by atoms with Gasteiger partial charge in [-0.3, -0.25) is 4.79 Å². The van der Waals surface area contributed by atoms with E-state index < -0.39 is 0 Å². The Labute approximate surface area is 121 Å². The van der Waals surface area contributed by atoms with Gasteiger partial charge in [0.25, 0.3) is 5.91 Å². The molecule has 5 nitrogen and oxygen atoms in total. The number of para-hydroxylation sites is 1. The van der Waals surface area contributed by atoms with E-state index in [1.165, 1.54) is 4.68 Å². The zero-order valence-corrected chi connectivity index (χ0v) is 11.6. The van der Waals surface area contributed by atoms with Gasteiger partial charge in [-0.2, -0.15) is 4.68 Å². The van der Waals surface area contributed by atoms with Crippen LogP contribution in [0.4, 0.5) is 5.82 Å². The maximum atomic E-state index is 12.8. The summed E-state index contributed by atoms with van der Waals surface area (Å²) in [6.07, 6.45) is 5.74. The highest BCUT2D eigenvalue weighted by molar-refractivity contribution is 6.07. The molecule has 1 aliphatic rings. The number of carbonyl (C=O) groups excluding carboxylic acids is 1. The van der Waals surface area contributed by atoms with Crippen LogP contribution in [0.2, 0.25) is 0 Å². The zero-order valence-electron chi connectivity index (χ0n) is 11.6. The Morgan fingerprint density at radius 2 is 2.05 bits per heavy atom. The third kappa shape index (κ3) is 1.77. The van der Waals surface area contributed by atoms with Crippen LogP contribution < -0.4 is 5.73 Å². The number of aromatic amines is 1.